The number of aromatic nitrogens is 1. The molecule has 0 saturated heterocycles. The Morgan fingerprint density at radius 3 is 2.76 bits per heavy atom. The minimum Gasteiger partial charge on any atom is -0.404 e. The van der Waals surface area contributed by atoms with Gasteiger partial charge < -0.3 is 11.1 Å². The van der Waals surface area contributed by atoms with E-state index in [1.165, 1.54) is 30.2 Å². The number of nitrogens with one attached hydrogen (secondary N) is 1. The quantitative estimate of drug-likeness (QED) is 0.795. The first-order chi connectivity index (χ1) is 12.2. The van der Waals surface area contributed by atoms with Crippen LogP contribution in [-0.2, 0) is 12.8 Å². The van der Waals surface area contributed by atoms with Crippen LogP contribution in [0.2, 0.25) is 0 Å². The number of fused-ring (bicyclic) bond motifs is 3. The van der Waals surface area contributed by atoms with Crippen molar-refractivity contribution in [1.82, 2.24) is 4.98 Å². The average molecular weight is 353 g/mol. The molecule has 2 aromatic rings. The predicted molar refractivity (Wildman–Crippen MR) is 110 cm³/mol. The van der Waals surface area contributed by atoms with E-state index in [0.29, 0.717) is 5.88 Å². The Balaban J connectivity index is 2.28. The van der Waals surface area contributed by atoms with Gasteiger partial charge >= 0.3 is 0 Å². The largest absolute Gasteiger partial charge is 0.404 e. The highest BCUT2D eigenvalue weighted by atomic mass is 32.2. The van der Waals surface area contributed by atoms with Gasteiger partial charge in [-0.05, 0) is 61.6 Å². The Morgan fingerprint density at radius 1 is 1.32 bits per heavy atom. The van der Waals surface area contributed by atoms with E-state index in [0.717, 1.165) is 46.1 Å². The Hall–Kier alpha value is -2.14. The summed E-state index contributed by atoms with van der Waals surface area (Å²) in [4.78, 5) is 9.37. The number of rotatable bonds is 5. The fourth-order valence-corrected chi connectivity index (χ4v) is 3.79. The van der Waals surface area contributed by atoms with Crippen molar-refractivity contribution in [3.8, 4) is 0 Å². The van der Waals surface area contributed by atoms with Gasteiger partial charge in [-0.25, -0.2) is 4.98 Å². The second-order valence-electron chi connectivity index (χ2n) is 6.31. The minimum absolute atomic E-state index is 0.713. The van der Waals surface area contributed by atoms with Gasteiger partial charge in [-0.2, -0.15) is 0 Å². The third-order valence-corrected chi connectivity index (χ3v) is 5.17. The molecule has 4 nitrogen and oxygen atoms in total. The SMILES string of the molecule is CSC/N=C/C(=C\N)c1nc2ccc(C)c(C=N)c2c2c1CCCC2. The van der Waals surface area contributed by atoms with Crippen LogP contribution in [0.5, 0.6) is 0 Å². The van der Waals surface area contributed by atoms with Crippen LogP contribution in [0.4, 0.5) is 0 Å². The summed E-state index contributed by atoms with van der Waals surface area (Å²) in [5.41, 5.74) is 13.4. The standard InChI is InChI=1S/C20H24N4S/c1-13-7-8-18-19(17(13)10-22)15-5-3-4-6-16(15)20(24-18)14(9-21)11-23-12-25-2/h7-11,22H,3-6,12,21H2,1-2H3/b14-9+,22-10?,23-11+. The number of pyridine rings is 1. The average Bonchev–Trinajstić information content (AvgIpc) is 2.65. The first-order valence-electron chi connectivity index (χ1n) is 8.57. The van der Waals surface area contributed by atoms with E-state index in [1.54, 1.807) is 18.0 Å². The topological polar surface area (TPSA) is 75.1 Å². The zero-order valence-corrected chi connectivity index (χ0v) is 15.6. The van der Waals surface area contributed by atoms with Crippen molar-refractivity contribution < 1.29 is 0 Å². The van der Waals surface area contributed by atoms with Crippen molar-refractivity contribution >= 4 is 40.7 Å². The molecule has 0 spiro atoms. The van der Waals surface area contributed by atoms with Gasteiger partial charge in [0.1, 0.15) is 0 Å². The summed E-state index contributed by atoms with van der Waals surface area (Å²) in [6.45, 7) is 2.06. The van der Waals surface area contributed by atoms with Gasteiger partial charge in [-0.1, -0.05) is 6.07 Å². The summed E-state index contributed by atoms with van der Waals surface area (Å²) in [5, 5.41) is 9.01. The zero-order chi connectivity index (χ0) is 17.8. The van der Waals surface area contributed by atoms with E-state index < -0.39 is 0 Å². The minimum atomic E-state index is 0.713. The normalized spacial score (nSPS) is 14.9. The fraction of sp³-hybridized carbons (Fsp3) is 0.350. The van der Waals surface area contributed by atoms with E-state index in [9.17, 15) is 0 Å². The van der Waals surface area contributed by atoms with Crippen LogP contribution >= 0.6 is 11.8 Å². The van der Waals surface area contributed by atoms with Crippen molar-refractivity contribution in [2.75, 3.05) is 12.1 Å². The Labute approximate surface area is 153 Å². The van der Waals surface area contributed by atoms with Gasteiger partial charge in [0.2, 0.25) is 0 Å². The van der Waals surface area contributed by atoms with E-state index in [2.05, 4.69) is 18.0 Å². The van der Waals surface area contributed by atoms with Gasteiger partial charge in [-0.3, -0.25) is 4.99 Å². The maximum Gasteiger partial charge on any atom is 0.0841 e. The number of benzene rings is 1. The van der Waals surface area contributed by atoms with Crippen LogP contribution in [-0.4, -0.2) is 29.5 Å². The van der Waals surface area contributed by atoms with Gasteiger partial charge in [0.05, 0.1) is 17.1 Å². The van der Waals surface area contributed by atoms with E-state index in [1.807, 2.05) is 18.5 Å². The fourth-order valence-electron chi connectivity index (χ4n) is 3.57. The van der Waals surface area contributed by atoms with E-state index in [-0.39, 0.29) is 0 Å². The second kappa shape index (κ2) is 7.83. The highest BCUT2D eigenvalue weighted by molar-refractivity contribution is 7.98. The molecule has 1 aliphatic rings. The van der Waals surface area contributed by atoms with Gasteiger partial charge in [0.15, 0.2) is 0 Å². The summed E-state index contributed by atoms with van der Waals surface area (Å²) >= 11 is 1.68. The lowest BCUT2D eigenvalue weighted by atomic mass is 9.84. The maximum absolute atomic E-state index is 7.86. The molecule has 3 rings (SSSR count). The lowest BCUT2D eigenvalue weighted by Gasteiger charge is -2.23. The summed E-state index contributed by atoms with van der Waals surface area (Å²) < 4.78 is 0. The van der Waals surface area contributed by atoms with Crippen molar-refractivity contribution in [2.45, 2.75) is 32.6 Å². The molecule has 1 aliphatic carbocycles. The summed E-state index contributed by atoms with van der Waals surface area (Å²) in [6, 6.07) is 4.10. The van der Waals surface area contributed by atoms with Gasteiger partial charge in [0.25, 0.3) is 0 Å². The number of thioether (sulfide) groups is 1. The Morgan fingerprint density at radius 2 is 2.08 bits per heavy atom. The summed E-state index contributed by atoms with van der Waals surface area (Å²) in [6.07, 6.45) is 11.3. The van der Waals surface area contributed by atoms with Crippen LogP contribution in [0, 0.1) is 12.3 Å². The number of hydrogen-bond acceptors (Lipinski definition) is 5. The van der Waals surface area contributed by atoms with Crippen molar-refractivity contribution in [3.05, 3.63) is 46.3 Å². The third kappa shape index (κ3) is 3.33. The van der Waals surface area contributed by atoms with E-state index in [4.69, 9.17) is 16.1 Å². The lowest BCUT2D eigenvalue weighted by molar-refractivity contribution is 0.686. The van der Waals surface area contributed by atoms with Gasteiger partial charge in [-0.15, -0.1) is 11.8 Å². The highest BCUT2D eigenvalue weighted by Crippen LogP contribution is 2.34. The summed E-state index contributed by atoms with van der Waals surface area (Å²) in [5.74, 6) is 0.713. The molecule has 5 heteroatoms. The number of allylic oxidation sites excluding steroid dienone is 1. The molecule has 0 saturated carbocycles. The monoisotopic (exact) mass is 352 g/mol. The Bertz CT molecular complexity index is 868. The molecule has 0 unspecified atom stereocenters. The number of aliphatic imine (C=N–C) groups is 1. The number of nitrogens with zero attached hydrogens (tertiary/aromatic N) is 2. The molecule has 1 aromatic heterocycles. The number of nitrogens with two attached hydrogens (primary N) is 1. The lowest BCUT2D eigenvalue weighted by Crippen LogP contribution is -2.12. The molecule has 25 heavy (non-hydrogen) atoms. The molecule has 0 amide bonds. The molecule has 3 N–H and O–H groups in total. The molecule has 1 aromatic carbocycles. The smallest absolute Gasteiger partial charge is 0.0841 e. The number of aryl methyl sites for hydroxylation is 2. The van der Waals surface area contributed by atoms with Gasteiger partial charge in [0, 0.05) is 35.2 Å². The first kappa shape index (κ1) is 17.7. The van der Waals surface area contributed by atoms with Crippen molar-refractivity contribution in [3.63, 3.8) is 0 Å². The van der Waals surface area contributed by atoms with Crippen LogP contribution in [0.1, 0.15) is 40.8 Å². The van der Waals surface area contributed by atoms with E-state index >= 15 is 0 Å². The molecular weight excluding hydrogens is 328 g/mol. The highest BCUT2D eigenvalue weighted by Gasteiger charge is 2.21. The number of hydrogen-bond donors (Lipinski definition) is 2. The van der Waals surface area contributed by atoms with Crippen LogP contribution in [0.3, 0.4) is 0 Å². The molecular formula is C20H24N4S. The zero-order valence-electron chi connectivity index (χ0n) is 14.8. The molecule has 0 aliphatic heterocycles. The molecule has 0 bridgehead atoms. The molecule has 0 fully saturated rings. The van der Waals surface area contributed by atoms with Crippen molar-refractivity contribution in [2.24, 2.45) is 10.7 Å². The third-order valence-electron chi connectivity index (χ3n) is 4.76. The maximum atomic E-state index is 7.86. The molecule has 0 radical (unpaired) electrons. The molecule has 1 heterocycles. The summed E-state index contributed by atoms with van der Waals surface area (Å²) in [7, 11) is 0. The van der Waals surface area contributed by atoms with Crippen LogP contribution in [0.25, 0.3) is 16.5 Å². The first-order valence-corrected chi connectivity index (χ1v) is 9.97. The van der Waals surface area contributed by atoms with Crippen molar-refractivity contribution in [1.29, 1.82) is 5.41 Å². The molecule has 0 atom stereocenters. The van der Waals surface area contributed by atoms with Crippen LogP contribution < -0.4 is 5.73 Å². The predicted octanol–water partition coefficient (Wildman–Crippen LogP) is 4.11. The second-order valence-corrected chi connectivity index (χ2v) is 7.15. The molecule has 130 valence electrons. The Kier molecular flexibility index (Phi) is 5.53. The van der Waals surface area contributed by atoms with Crippen LogP contribution in [0.15, 0.2) is 23.3 Å².